The molecule has 14 heteroatoms. The zero-order valence-corrected chi connectivity index (χ0v) is 27.0. The number of nitrogens with zero attached hydrogens (tertiary/aromatic N) is 2. The molecule has 3 amide bonds. The molecule has 1 saturated carbocycles. The molecule has 7 nitrogen and oxygen atoms in total. The van der Waals surface area contributed by atoms with Gasteiger partial charge in [-0.3, -0.25) is 19.2 Å². The summed E-state index contributed by atoms with van der Waals surface area (Å²) in [6.07, 6.45) is -0.0243. The van der Waals surface area contributed by atoms with E-state index in [9.17, 15) is 19.2 Å². The van der Waals surface area contributed by atoms with Crippen LogP contribution in [0.4, 0.5) is 11.4 Å². The standard InChI is InChI=1S/C28H19Cl7N2O5/c1-11-8-14(42-25(41)13-9-18(38)36(10-13)17-5-3-4-15(29)12(17)2)6-7-16(11)37-23(39)19-20(24(37)40)27(33)22(31)21(30)26(19,32)28(27,34)35/h3-8,13,19-20H,9-10H2,1-2H3/t13-,19+,20+,26-,27-/m1/s1. The zero-order valence-electron chi connectivity index (χ0n) is 21.7. The van der Waals surface area contributed by atoms with Crippen molar-refractivity contribution in [3.8, 4) is 5.75 Å². The summed E-state index contributed by atoms with van der Waals surface area (Å²) in [6.45, 7) is 3.57. The lowest BCUT2D eigenvalue weighted by atomic mass is 9.84. The summed E-state index contributed by atoms with van der Waals surface area (Å²) in [5.74, 6) is -5.27. The van der Waals surface area contributed by atoms with Gasteiger partial charge in [0.05, 0.1) is 33.5 Å². The third kappa shape index (κ3) is 3.74. The smallest absolute Gasteiger partial charge is 0.316 e. The third-order valence-electron chi connectivity index (χ3n) is 8.52. The van der Waals surface area contributed by atoms with Crippen molar-refractivity contribution in [3.63, 3.8) is 0 Å². The maximum absolute atomic E-state index is 13.7. The average molecular weight is 712 g/mol. The highest BCUT2D eigenvalue weighted by atomic mass is 35.5. The number of carbonyl (C=O) groups excluding carboxylic acids is 4. The van der Waals surface area contributed by atoms with Crippen LogP contribution in [-0.2, 0) is 19.2 Å². The van der Waals surface area contributed by atoms with Crippen LogP contribution in [0, 0.1) is 31.6 Å². The minimum Gasteiger partial charge on any atom is -0.426 e. The molecule has 0 aromatic heterocycles. The lowest BCUT2D eigenvalue weighted by molar-refractivity contribution is -0.139. The van der Waals surface area contributed by atoms with E-state index in [0.29, 0.717) is 16.3 Å². The van der Waals surface area contributed by atoms with Crippen molar-refractivity contribution >= 4 is 116 Å². The minimum atomic E-state index is -2.03. The van der Waals surface area contributed by atoms with Crippen LogP contribution in [0.25, 0.3) is 0 Å². The molecule has 0 unspecified atom stereocenters. The van der Waals surface area contributed by atoms with Crippen LogP contribution in [0.5, 0.6) is 5.75 Å². The largest absolute Gasteiger partial charge is 0.426 e. The van der Waals surface area contributed by atoms with Crippen LogP contribution in [0.2, 0.25) is 5.02 Å². The number of alkyl halides is 4. The molecule has 2 aromatic carbocycles. The summed E-state index contributed by atoms with van der Waals surface area (Å²) < 4.78 is 3.56. The topological polar surface area (TPSA) is 84.0 Å². The van der Waals surface area contributed by atoms with Gasteiger partial charge in [-0.2, -0.15) is 0 Å². The average Bonchev–Trinajstić information content (AvgIpc) is 3.51. The van der Waals surface area contributed by atoms with E-state index in [-0.39, 0.29) is 40.4 Å². The highest BCUT2D eigenvalue weighted by Gasteiger charge is 2.87. The number of rotatable bonds is 4. The van der Waals surface area contributed by atoms with E-state index in [4.69, 9.17) is 85.9 Å². The van der Waals surface area contributed by atoms with E-state index < -0.39 is 49.6 Å². The van der Waals surface area contributed by atoms with E-state index in [2.05, 4.69) is 0 Å². The summed E-state index contributed by atoms with van der Waals surface area (Å²) in [6, 6.07) is 9.65. The second-order valence-electron chi connectivity index (χ2n) is 10.8. The Kier molecular flexibility index (Phi) is 7.15. The number of imide groups is 1. The van der Waals surface area contributed by atoms with Crippen molar-refractivity contribution in [1.29, 1.82) is 0 Å². The molecule has 6 rings (SSSR count). The molecule has 4 aliphatic rings. The van der Waals surface area contributed by atoms with Gasteiger partial charge in [-0.25, -0.2) is 4.90 Å². The lowest BCUT2D eigenvalue weighted by Gasteiger charge is -2.34. The van der Waals surface area contributed by atoms with E-state index in [1.54, 1.807) is 32.0 Å². The molecule has 42 heavy (non-hydrogen) atoms. The van der Waals surface area contributed by atoms with Crippen molar-refractivity contribution < 1.29 is 23.9 Å². The van der Waals surface area contributed by atoms with Gasteiger partial charge in [0.15, 0.2) is 4.33 Å². The Morgan fingerprint density at radius 2 is 1.48 bits per heavy atom. The van der Waals surface area contributed by atoms with Crippen LogP contribution in [-0.4, -0.2) is 44.3 Å². The number of amides is 3. The molecule has 2 heterocycles. The fourth-order valence-electron chi connectivity index (χ4n) is 6.36. The fraction of sp³-hybridized carbons (Fsp3) is 0.357. The number of ether oxygens (including phenoxy) is 1. The predicted molar refractivity (Wildman–Crippen MR) is 163 cm³/mol. The first kappa shape index (κ1) is 30.3. The summed E-state index contributed by atoms with van der Waals surface area (Å²) in [4.78, 5) is 51.7. The van der Waals surface area contributed by atoms with E-state index in [1.807, 2.05) is 0 Å². The molecule has 2 aliphatic carbocycles. The predicted octanol–water partition coefficient (Wildman–Crippen LogP) is 6.87. The van der Waals surface area contributed by atoms with Gasteiger partial charge in [0, 0.05) is 23.7 Å². The first-order chi connectivity index (χ1) is 19.6. The van der Waals surface area contributed by atoms with Crippen molar-refractivity contribution in [1.82, 2.24) is 0 Å². The number of hydrogen-bond donors (Lipinski definition) is 0. The molecule has 0 radical (unpaired) electrons. The second-order valence-corrected chi connectivity index (χ2v) is 14.4. The van der Waals surface area contributed by atoms with Crippen LogP contribution < -0.4 is 14.5 Å². The molecular formula is C28H19Cl7N2O5. The summed E-state index contributed by atoms with van der Waals surface area (Å²) in [5, 5.41) is 0.162. The number of hydrogen-bond acceptors (Lipinski definition) is 5. The first-order valence-electron chi connectivity index (χ1n) is 12.7. The molecule has 2 bridgehead atoms. The Bertz CT molecular complexity index is 1610. The van der Waals surface area contributed by atoms with E-state index >= 15 is 0 Å². The first-order valence-corrected chi connectivity index (χ1v) is 15.3. The van der Waals surface area contributed by atoms with Gasteiger partial charge in [0.1, 0.15) is 15.5 Å². The van der Waals surface area contributed by atoms with E-state index in [0.717, 1.165) is 10.5 Å². The quantitative estimate of drug-likeness (QED) is 0.150. The van der Waals surface area contributed by atoms with Gasteiger partial charge in [-0.1, -0.05) is 64.1 Å². The normalized spacial score (nSPS) is 31.5. The number of aryl methyl sites for hydroxylation is 1. The van der Waals surface area contributed by atoms with Crippen LogP contribution in [0.15, 0.2) is 46.5 Å². The Morgan fingerprint density at radius 3 is 2.05 bits per heavy atom. The Balaban J connectivity index is 1.22. The highest BCUT2D eigenvalue weighted by molar-refractivity contribution is 6.67. The number of esters is 1. The lowest BCUT2D eigenvalue weighted by Crippen LogP contribution is -2.50. The number of benzene rings is 2. The summed E-state index contributed by atoms with van der Waals surface area (Å²) >= 11 is 45.6. The Labute approximate surface area is 275 Å². The van der Waals surface area contributed by atoms with Crippen molar-refractivity contribution in [2.24, 2.45) is 17.8 Å². The number of halogens is 7. The molecule has 2 saturated heterocycles. The molecule has 3 fully saturated rings. The van der Waals surface area contributed by atoms with Crippen molar-refractivity contribution in [2.45, 2.75) is 34.3 Å². The summed E-state index contributed by atoms with van der Waals surface area (Å²) in [5.41, 5.74) is 2.03. The molecule has 5 atom stereocenters. The Morgan fingerprint density at radius 1 is 0.881 bits per heavy atom. The van der Waals surface area contributed by atoms with Crippen LogP contribution in [0.3, 0.4) is 0 Å². The second kappa shape index (κ2) is 9.90. The van der Waals surface area contributed by atoms with Gasteiger partial charge in [-0.05, 0) is 55.3 Å². The van der Waals surface area contributed by atoms with Gasteiger partial charge in [0.2, 0.25) is 17.7 Å². The number of anilines is 2. The van der Waals surface area contributed by atoms with Gasteiger partial charge < -0.3 is 9.64 Å². The molecular weight excluding hydrogens is 692 g/mol. The van der Waals surface area contributed by atoms with Crippen molar-refractivity contribution in [3.05, 3.63) is 62.6 Å². The SMILES string of the molecule is Cc1cc(OC(=O)[C@@H]2CC(=O)N(c3cccc(Cl)c3C)C2)ccc1N1C(=O)[C@@H]2[C@@H](C1=O)[C@@]1(Cl)C(Cl)=C(Cl)[C@@]2(Cl)C1(Cl)Cl. The monoisotopic (exact) mass is 708 g/mol. The van der Waals surface area contributed by atoms with Crippen molar-refractivity contribution in [2.75, 3.05) is 16.3 Å². The Hall–Kier alpha value is -1.71. The number of allylic oxidation sites excluding steroid dienone is 2. The van der Waals surface area contributed by atoms with Gasteiger partial charge in [-0.15, -0.1) is 23.2 Å². The van der Waals surface area contributed by atoms with Gasteiger partial charge in [0.25, 0.3) is 0 Å². The molecule has 0 N–H and O–H groups in total. The molecule has 0 spiro atoms. The van der Waals surface area contributed by atoms with Crippen LogP contribution in [0.1, 0.15) is 17.5 Å². The number of fused-ring (bicyclic) bond motifs is 5. The fourth-order valence-corrected chi connectivity index (χ4v) is 9.46. The maximum Gasteiger partial charge on any atom is 0.316 e. The minimum absolute atomic E-state index is 0.0243. The zero-order chi connectivity index (χ0) is 30.7. The van der Waals surface area contributed by atoms with Crippen LogP contribution >= 0.6 is 81.2 Å². The summed E-state index contributed by atoms with van der Waals surface area (Å²) in [7, 11) is 0. The molecule has 220 valence electrons. The number of carbonyl (C=O) groups is 4. The van der Waals surface area contributed by atoms with E-state index in [1.165, 1.54) is 23.1 Å². The molecule has 2 aromatic rings. The maximum atomic E-state index is 13.7. The third-order valence-corrected chi connectivity index (χ3v) is 13.2. The van der Waals surface area contributed by atoms with Gasteiger partial charge >= 0.3 is 5.97 Å². The highest BCUT2D eigenvalue weighted by Crippen LogP contribution is 2.77. The molecule has 2 aliphatic heterocycles.